The minimum absolute atomic E-state index is 0.00170. The molecule has 3 aromatic carbocycles. The van der Waals surface area contributed by atoms with Gasteiger partial charge in [0.15, 0.2) is 0 Å². The number of likely N-dealkylation sites (tertiary alicyclic amines) is 1. The monoisotopic (exact) mass is 1060 g/mol. The first-order valence-electron chi connectivity index (χ1n) is 27.1. The van der Waals surface area contributed by atoms with Crippen molar-refractivity contribution in [3.63, 3.8) is 0 Å². The maximum atomic E-state index is 14.4. The second kappa shape index (κ2) is 22.7. The minimum atomic E-state index is -0.914. The predicted molar refractivity (Wildman–Crippen MR) is 296 cm³/mol. The maximum absolute atomic E-state index is 14.4. The van der Waals surface area contributed by atoms with Crippen LogP contribution in [0.1, 0.15) is 126 Å². The molecule has 4 aliphatic rings. The standard InChI is InChI=1S/C60H80N8O7S/c1-37-50(76-36-62-37)40-20-18-39(19-21-40)49(43-34-74-35-43)64-53(72)47-29-44(69)32-68(47)54(73)51(58(5,6)7)63-48(70)33-67-27-25-66(26-28-67)24-12-13-38-14-16-41(17-15-38)52(71)65-55-59(8,9)56(60(55,10)11)75-45-23-22-42(31-61)46(30-45)57(2,3)4/h14-23,30,36,43-44,47,49,51,55-56,69H,12-13,24-29,32-35H2,1-11H3,(H,63,70)(H,64,72)(H,65,71)/t44-,47+,49-,51-,55?,56?/m1/s1. The summed E-state index contributed by atoms with van der Waals surface area (Å²) in [5.74, 6) is -0.295. The molecule has 4 amide bonds. The third kappa shape index (κ3) is 12.5. The van der Waals surface area contributed by atoms with Crippen LogP contribution in [0.25, 0.3) is 10.4 Å². The van der Waals surface area contributed by atoms with Gasteiger partial charge >= 0.3 is 0 Å². The molecule has 1 saturated carbocycles. The molecule has 4 heterocycles. The van der Waals surface area contributed by atoms with Gasteiger partial charge < -0.3 is 40.3 Å². The van der Waals surface area contributed by atoms with Crippen molar-refractivity contribution in [2.45, 2.75) is 137 Å². The van der Waals surface area contributed by atoms with E-state index in [4.69, 9.17) is 9.47 Å². The number of ether oxygens (including phenoxy) is 2. The fraction of sp³-hybridized carbons (Fsp3) is 0.567. The van der Waals surface area contributed by atoms with Crippen molar-refractivity contribution in [1.82, 2.24) is 35.6 Å². The Morgan fingerprint density at radius 3 is 2.14 bits per heavy atom. The fourth-order valence-electron chi connectivity index (χ4n) is 12.1. The highest BCUT2D eigenvalue weighted by molar-refractivity contribution is 7.13. The third-order valence-corrected chi connectivity index (χ3v) is 17.2. The van der Waals surface area contributed by atoms with E-state index in [0.29, 0.717) is 37.4 Å². The summed E-state index contributed by atoms with van der Waals surface area (Å²) in [4.78, 5) is 67.4. The number of nitrogens with zero attached hydrogens (tertiary/aromatic N) is 5. The van der Waals surface area contributed by atoms with Crippen molar-refractivity contribution in [2.75, 3.05) is 59.0 Å². The van der Waals surface area contributed by atoms with Crippen molar-refractivity contribution < 1.29 is 33.8 Å². The van der Waals surface area contributed by atoms with Crippen LogP contribution in [-0.2, 0) is 31.0 Å². The molecule has 16 heteroatoms. The van der Waals surface area contributed by atoms with Gasteiger partial charge in [-0.25, -0.2) is 4.98 Å². The first kappa shape index (κ1) is 56.5. The predicted octanol–water partition coefficient (Wildman–Crippen LogP) is 7.45. The average Bonchev–Trinajstić information content (AvgIpc) is 3.98. The van der Waals surface area contributed by atoms with Gasteiger partial charge in [-0.1, -0.05) is 106 Å². The number of carbonyl (C=O) groups is 4. The summed E-state index contributed by atoms with van der Waals surface area (Å²) in [6.07, 6.45) is 0.893. The van der Waals surface area contributed by atoms with Gasteiger partial charge in [0.05, 0.1) is 59.6 Å². The second-order valence-electron chi connectivity index (χ2n) is 25.0. The number of nitrogens with one attached hydrogen (secondary N) is 3. The molecule has 15 nitrogen and oxygen atoms in total. The molecule has 0 spiro atoms. The molecule has 0 bridgehead atoms. The van der Waals surface area contributed by atoms with E-state index in [2.05, 4.69) is 85.3 Å². The zero-order valence-corrected chi connectivity index (χ0v) is 47.3. The highest BCUT2D eigenvalue weighted by Crippen LogP contribution is 2.56. The number of aliphatic hydroxyl groups is 1. The smallest absolute Gasteiger partial charge is 0.251 e. The highest BCUT2D eigenvalue weighted by atomic mass is 32.1. The van der Waals surface area contributed by atoms with E-state index < -0.39 is 23.6 Å². The van der Waals surface area contributed by atoms with Crippen molar-refractivity contribution in [3.8, 4) is 22.3 Å². The molecule has 4 aromatic rings. The van der Waals surface area contributed by atoms with Crippen LogP contribution in [-0.4, -0.2) is 138 Å². The number of β-amino-alcohol motifs (C(OH)–C–C–N with tert-alkyl or cyclic N) is 1. The van der Waals surface area contributed by atoms with Gasteiger partial charge in [0.1, 0.15) is 23.9 Å². The number of nitriles is 1. The van der Waals surface area contributed by atoms with Gasteiger partial charge in [-0.2, -0.15) is 5.26 Å². The SMILES string of the molecule is Cc1ncsc1-c1ccc([C@@H](NC(=O)[C@@H]2C[C@@H](O)CN2C(=O)[C@@H](NC(=O)CN2CCN(CCCc3ccc(C(=O)NC4C(C)(C)C(Oc5ccc(C#N)c(C(C)(C)C)c5)C4(C)C)cc3)CC2)C(C)(C)C)C2COC2)cc1. The average molecular weight is 1060 g/mol. The van der Waals surface area contributed by atoms with Crippen LogP contribution >= 0.6 is 11.3 Å². The lowest BCUT2D eigenvalue weighted by molar-refractivity contribution is -0.164. The summed E-state index contributed by atoms with van der Waals surface area (Å²) in [6, 6.07) is 21.7. The van der Waals surface area contributed by atoms with Gasteiger partial charge in [0, 0.05) is 67.5 Å². The number of thiazole rings is 1. The minimum Gasteiger partial charge on any atom is -0.489 e. The van der Waals surface area contributed by atoms with E-state index in [0.717, 1.165) is 71.1 Å². The molecule has 408 valence electrons. The summed E-state index contributed by atoms with van der Waals surface area (Å²) in [7, 11) is 0. The number of amides is 4. The van der Waals surface area contributed by atoms with Crippen LogP contribution in [0.15, 0.2) is 72.2 Å². The highest BCUT2D eigenvalue weighted by Gasteiger charge is 2.64. The molecule has 76 heavy (non-hydrogen) atoms. The molecule has 1 aliphatic carbocycles. The first-order valence-corrected chi connectivity index (χ1v) is 28.0. The van der Waals surface area contributed by atoms with Gasteiger partial charge in [0.2, 0.25) is 17.7 Å². The number of hydrogen-bond donors (Lipinski definition) is 4. The Bertz CT molecular complexity index is 2740. The largest absolute Gasteiger partial charge is 0.489 e. The van der Waals surface area contributed by atoms with Gasteiger partial charge in [-0.05, 0) is 89.7 Å². The van der Waals surface area contributed by atoms with Gasteiger partial charge in [-0.15, -0.1) is 11.3 Å². The zero-order chi connectivity index (χ0) is 54.9. The molecular formula is C60H80N8O7S. The Morgan fingerprint density at radius 1 is 0.908 bits per heavy atom. The summed E-state index contributed by atoms with van der Waals surface area (Å²) < 4.78 is 12.2. The molecule has 0 radical (unpaired) electrons. The molecule has 8 rings (SSSR count). The lowest BCUT2D eigenvalue weighted by atomic mass is 9.49. The number of aryl methyl sites for hydroxylation is 2. The Balaban J connectivity index is 0.777. The number of benzene rings is 3. The van der Waals surface area contributed by atoms with Crippen LogP contribution in [0, 0.1) is 40.4 Å². The third-order valence-electron chi connectivity index (χ3n) is 16.3. The topological polar surface area (TPSA) is 189 Å². The van der Waals surface area contributed by atoms with E-state index in [1.165, 1.54) is 4.90 Å². The molecule has 4 atom stereocenters. The normalized spacial score (nSPS) is 22.6. The molecular weight excluding hydrogens is 977 g/mol. The van der Waals surface area contributed by atoms with Crippen molar-refractivity contribution in [2.24, 2.45) is 22.2 Å². The lowest BCUT2D eigenvalue weighted by Gasteiger charge is -2.63. The summed E-state index contributed by atoms with van der Waals surface area (Å²) in [5.41, 5.74) is 6.60. The van der Waals surface area contributed by atoms with Crippen LogP contribution in [0.2, 0.25) is 0 Å². The number of hydrogen-bond acceptors (Lipinski definition) is 12. The Labute approximate surface area is 454 Å². The van der Waals surface area contributed by atoms with E-state index >= 15 is 0 Å². The number of aliphatic hydroxyl groups excluding tert-OH is 1. The fourth-order valence-corrected chi connectivity index (χ4v) is 12.9. The quantitative estimate of drug-likeness (QED) is 0.0823. The van der Waals surface area contributed by atoms with E-state index in [1.54, 1.807) is 11.3 Å². The van der Waals surface area contributed by atoms with Crippen molar-refractivity contribution in [3.05, 3.63) is 106 Å². The molecule has 3 aliphatic heterocycles. The Kier molecular flexibility index (Phi) is 16.9. The molecule has 0 unspecified atom stereocenters. The lowest BCUT2D eigenvalue weighted by Crippen LogP contribution is -2.74. The number of aromatic nitrogens is 1. The Hall–Kier alpha value is -5.70. The molecule has 1 aromatic heterocycles. The van der Waals surface area contributed by atoms with Crippen LogP contribution in [0.5, 0.6) is 5.75 Å². The van der Waals surface area contributed by atoms with E-state index in [1.807, 2.05) is 99.9 Å². The number of piperazine rings is 1. The summed E-state index contributed by atoms with van der Waals surface area (Å²) in [5, 5.41) is 30.2. The maximum Gasteiger partial charge on any atom is 0.251 e. The van der Waals surface area contributed by atoms with Crippen LogP contribution in [0.3, 0.4) is 0 Å². The van der Waals surface area contributed by atoms with Gasteiger partial charge in [0.25, 0.3) is 5.91 Å². The summed E-state index contributed by atoms with van der Waals surface area (Å²) >= 11 is 1.59. The number of carbonyl (C=O) groups excluding carboxylic acids is 4. The van der Waals surface area contributed by atoms with Crippen LogP contribution in [0.4, 0.5) is 0 Å². The summed E-state index contributed by atoms with van der Waals surface area (Å²) in [6.45, 7) is 27.6. The first-order chi connectivity index (χ1) is 35.8. The second-order valence-corrected chi connectivity index (χ2v) is 25.8. The van der Waals surface area contributed by atoms with Gasteiger partial charge in [-0.3, -0.25) is 24.1 Å². The molecule has 4 fully saturated rings. The van der Waals surface area contributed by atoms with Crippen LogP contribution < -0.4 is 20.7 Å². The van der Waals surface area contributed by atoms with E-state index in [-0.39, 0.29) is 83.5 Å². The zero-order valence-electron chi connectivity index (χ0n) is 46.5. The molecule has 4 N–H and O–H groups in total. The van der Waals surface area contributed by atoms with E-state index in [9.17, 15) is 29.5 Å². The van der Waals surface area contributed by atoms with Crippen molar-refractivity contribution in [1.29, 1.82) is 5.26 Å². The van der Waals surface area contributed by atoms with Crippen molar-refractivity contribution >= 4 is 35.0 Å². The number of rotatable bonds is 17. The Morgan fingerprint density at radius 2 is 1.57 bits per heavy atom. The molecule has 3 saturated heterocycles.